The topological polar surface area (TPSA) is 95.9 Å². The van der Waals surface area contributed by atoms with Gasteiger partial charge in [-0.15, -0.1) is 0 Å². The molecule has 0 rings (SSSR count). The Kier molecular flexibility index (Phi) is 51.9. The van der Waals surface area contributed by atoms with Gasteiger partial charge in [0.2, 0.25) is 5.91 Å². The number of esters is 1. The maximum Gasteiger partial charge on any atom is 0.306 e. The lowest BCUT2D eigenvalue weighted by molar-refractivity contribution is -0.151. The third kappa shape index (κ3) is 48.6. The molecule has 0 bridgehead atoms. The molecule has 0 saturated carbocycles. The zero-order valence-corrected chi connectivity index (χ0v) is 43.9. The maximum absolute atomic E-state index is 13.3. The van der Waals surface area contributed by atoms with Crippen LogP contribution in [0.25, 0.3) is 0 Å². The van der Waals surface area contributed by atoms with E-state index >= 15 is 0 Å². The van der Waals surface area contributed by atoms with E-state index in [1.165, 1.54) is 218 Å². The maximum atomic E-state index is 13.3. The highest BCUT2D eigenvalue weighted by molar-refractivity contribution is 5.77. The number of hydrogen-bond acceptors (Lipinski definition) is 5. The van der Waals surface area contributed by atoms with Gasteiger partial charge < -0.3 is 20.3 Å². The van der Waals surface area contributed by atoms with Gasteiger partial charge in [0.15, 0.2) is 0 Å². The molecule has 0 aromatic carbocycles. The molecule has 384 valence electrons. The number of unbranched alkanes of at least 4 members (excludes halogenated alkanes) is 37. The van der Waals surface area contributed by atoms with Crippen LogP contribution in [-0.2, 0) is 14.3 Å². The first-order valence-corrected chi connectivity index (χ1v) is 29.1. The molecular weight excluding hydrogens is 803 g/mol. The zero-order chi connectivity index (χ0) is 47.4. The van der Waals surface area contributed by atoms with E-state index in [9.17, 15) is 19.8 Å². The highest BCUT2D eigenvalue weighted by Crippen LogP contribution is 2.19. The number of ether oxygens (including phenoxy) is 1. The molecule has 3 N–H and O–H groups in total. The normalized spacial score (nSPS) is 13.2. The Morgan fingerprint density at radius 1 is 0.446 bits per heavy atom. The van der Waals surface area contributed by atoms with Gasteiger partial charge in [0, 0.05) is 6.42 Å². The summed E-state index contributed by atoms with van der Waals surface area (Å²) < 4.78 is 5.97. The summed E-state index contributed by atoms with van der Waals surface area (Å²) in [6, 6.07) is -0.697. The van der Waals surface area contributed by atoms with Crippen molar-refractivity contribution in [3.05, 3.63) is 24.3 Å². The minimum absolute atomic E-state index is 0.0823. The van der Waals surface area contributed by atoms with Crippen molar-refractivity contribution in [1.29, 1.82) is 0 Å². The van der Waals surface area contributed by atoms with Crippen molar-refractivity contribution >= 4 is 11.9 Å². The molecular formula is C59H113NO5. The number of nitrogens with one attached hydrogen (secondary N) is 1. The fraction of sp³-hybridized carbons (Fsp3) is 0.898. The second kappa shape index (κ2) is 53.3. The summed E-state index contributed by atoms with van der Waals surface area (Å²) >= 11 is 0. The van der Waals surface area contributed by atoms with Crippen LogP contribution < -0.4 is 5.32 Å². The first kappa shape index (κ1) is 63.3. The summed E-state index contributed by atoms with van der Waals surface area (Å²) in [7, 11) is 0. The SMILES string of the molecule is CCCCC/C=C\C/C=C\CCCCCCCCCCCC(=O)OC(CCCCCCCCCCCCCCCCC)CC(=O)NC(CO)C(O)CCCCCCCCCCCCCC. The van der Waals surface area contributed by atoms with Crippen molar-refractivity contribution in [3.63, 3.8) is 0 Å². The molecule has 0 heterocycles. The van der Waals surface area contributed by atoms with Gasteiger partial charge in [0.25, 0.3) is 0 Å². The standard InChI is InChI=1S/C59H113NO5/c1-4-7-10-13-16-19-22-25-27-28-29-30-32-34-37-40-43-46-49-52-59(64)65-55(50-47-44-41-38-35-33-31-26-23-20-17-14-11-8-5-2)53-58(63)60-56(54-61)57(62)51-48-45-42-39-36-24-21-18-15-12-9-6-3/h16,19,25,27,55-57,61-62H,4-15,17-18,20-24,26,28-54H2,1-3H3,(H,60,63)/b19-16-,27-25-. The van der Waals surface area contributed by atoms with Crippen molar-refractivity contribution in [1.82, 2.24) is 5.32 Å². The number of allylic oxidation sites excluding steroid dienone is 4. The third-order valence-corrected chi connectivity index (χ3v) is 13.5. The lowest BCUT2D eigenvalue weighted by Crippen LogP contribution is -2.46. The van der Waals surface area contributed by atoms with Gasteiger partial charge in [0.1, 0.15) is 6.10 Å². The minimum atomic E-state index is -0.784. The average molecular weight is 917 g/mol. The van der Waals surface area contributed by atoms with E-state index in [0.717, 1.165) is 51.4 Å². The number of hydrogen-bond donors (Lipinski definition) is 3. The van der Waals surface area contributed by atoms with E-state index in [-0.39, 0.29) is 24.9 Å². The van der Waals surface area contributed by atoms with Gasteiger partial charge in [-0.25, -0.2) is 0 Å². The third-order valence-electron chi connectivity index (χ3n) is 13.5. The number of amides is 1. The van der Waals surface area contributed by atoms with Crippen molar-refractivity contribution in [3.8, 4) is 0 Å². The summed E-state index contributed by atoms with van der Waals surface area (Å²) in [6.45, 7) is 6.49. The lowest BCUT2D eigenvalue weighted by Gasteiger charge is -2.24. The Morgan fingerprint density at radius 3 is 1.20 bits per heavy atom. The zero-order valence-electron chi connectivity index (χ0n) is 43.9. The van der Waals surface area contributed by atoms with E-state index in [2.05, 4.69) is 50.4 Å². The van der Waals surface area contributed by atoms with Crippen LogP contribution in [0.3, 0.4) is 0 Å². The Labute approximate surface area is 405 Å². The lowest BCUT2D eigenvalue weighted by atomic mass is 10.0. The predicted molar refractivity (Wildman–Crippen MR) is 283 cm³/mol. The van der Waals surface area contributed by atoms with E-state index in [0.29, 0.717) is 19.3 Å². The molecule has 6 heteroatoms. The van der Waals surface area contributed by atoms with Gasteiger partial charge >= 0.3 is 5.97 Å². The van der Waals surface area contributed by atoms with E-state index in [1.54, 1.807) is 0 Å². The second-order valence-electron chi connectivity index (χ2n) is 20.1. The summed E-state index contributed by atoms with van der Waals surface area (Å²) in [5.74, 6) is -0.458. The van der Waals surface area contributed by atoms with Crippen molar-refractivity contribution < 1.29 is 24.5 Å². The van der Waals surface area contributed by atoms with Gasteiger partial charge in [-0.3, -0.25) is 9.59 Å². The number of carbonyl (C=O) groups is 2. The molecule has 0 aliphatic heterocycles. The van der Waals surface area contributed by atoms with Crippen LogP contribution in [0.1, 0.15) is 316 Å². The first-order chi connectivity index (χ1) is 32.0. The molecule has 0 spiro atoms. The number of aliphatic hydroxyl groups is 2. The van der Waals surface area contributed by atoms with E-state index in [1.807, 2.05) is 0 Å². The fourth-order valence-electron chi connectivity index (χ4n) is 9.11. The molecule has 3 unspecified atom stereocenters. The largest absolute Gasteiger partial charge is 0.462 e. The van der Waals surface area contributed by atoms with Gasteiger partial charge in [0.05, 0.1) is 25.2 Å². The summed E-state index contributed by atoms with van der Waals surface area (Å²) in [6.07, 6.45) is 62.4. The number of rotatable bonds is 53. The van der Waals surface area contributed by atoms with Crippen LogP contribution in [0.4, 0.5) is 0 Å². The Hall–Kier alpha value is -1.66. The molecule has 0 radical (unpaired) electrons. The van der Waals surface area contributed by atoms with Crippen LogP contribution in [0.5, 0.6) is 0 Å². The highest BCUT2D eigenvalue weighted by atomic mass is 16.5. The summed E-state index contributed by atoms with van der Waals surface area (Å²) in [4.78, 5) is 26.3. The predicted octanol–water partition coefficient (Wildman–Crippen LogP) is 17.9. The number of aliphatic hydroxyl groups excluding tert-OH is 2. The van der Waals surface area contributed by atoms with Gasteiger partial charge in [-0.05, 0) is 57.8 Å². The molecule has 6 nitrogen and oxygen atoms in total. The molecule has 0 aromatic heterocycles. The Bertz CT molecular complexity index is 1030. The molecule has 0 saturated heterocycles. The van der Waals surface area contributed by atoms with Gasteiger partial charge in [-0.2, -0.15) is 0 Å². The quantitative estimate of drug-likeness (QED) is 0.0321. The fourth-order valence-corrected chi connectivity index (χ4v) is 9.11. The molecule has 0 fully saturated rings. The van der Waals surface area contributed by atoms with E-state index < -0.39 is 18.2 Å². The van der Waals surface area contributed by atoms with Crippen LogP contribution >= 0.6 is 0 Å². The van der Waals surface area contributed by atoms with Crippen molar-refractivity contribution in [2.45, 2.75) is 334 Å². The molecule has 0 aliphatic rings. The van der Waals surface area contributed by atoms with Gasteiger partial charge in [-0.1, -0.05) is 270 Å². The van der Waals surface area contributed by atoms with Crippen molar-refractivity contribution in [2.24, 2.45) is 0 Å². The van der Waals surface area contributed by atoms with Crippen LogP contribution in [0, 0.1) is 0 Å². The smallest absolute Gasteiger partial charge is 0.306 e. The van der Waals surface area contributed by atoms with Crippen LogP contribution in [0.2, 0.25) is 0 Å². The van der Waals surface area contributed by atoms with Crippen molar-refractivity contribution in [2.75, 3.05) is 6.61 Å². The summed E-state index contributed by atoms with van der Waals surface area (Å²) in [5.41, 5.74) is 0. The molecule has 0 aliphatic carbocycles. The highest BCUT2D eigenvalue weighted by Gasteiger charge is 2.24. The number of carbonyl (C=O) groups excluding carboxylic acids is 2. The Balaban J connectivity index is 4.50. The van der Waals surface area contributed by atoms with Crippen LogP contribution in [0.15, 0.2) is 24.3 Å². The molecule has 0 aromatic rings. The summed E-state index contributed by atoms with van der Waals surface area (Å²) in [5, 5.41) is 23.9. The minimum Gasteiger partial charge on any atom is -0.462 e. The second-order valence-corrected chi connectivity index (χ2v) is 20.1. The van der Waals surface area contributed by atoms with E-state index in [4.69, 9.17) is 4.74 Å². The molecule has 3 atom stereocenters. The molecule has 65 heavy (non-hydrogen) atoms. The molecule has 1 amide bonds. The van der Waals surface area contributed by atoms with Crippen LogP contribution in [-0.4, -0.2) is 46.9 Å². The monoisotopic (exact) mass is 916 g/mol. The average Bonchev–Trinajstić information content (AvgIpc) is 3.30. The first-order valence-electron chi connectivity index (χ1n) is 29.1. The Morgan fingerprint density at radius 2 is 0.785 bits per heavy atom.